The lowest BCUT2D eigenvalue weighted by atomic mass is 9.88. The average molecular weight is 362 g/mol. The van der Waals surface area contributed by atoms with Gasteiger partial charge in [0.25, 0.3) is 0 Å². The van der Waals surface area contributed by atoms with Gasteiger partial charge in [0, 0.05) is 26.1 Å². The molecule has 2 rings (SSSR count). The topological polar surface area (TPSA) is 113 Å². The van der Waals surface area contributed by atoms with Crippen molar-refractivity contribution >= 4 is 21.9 Å². The summed E-state index contributed by atoms with van der Waals surface area (Å²) < 4.78 is 32.2. The van der Waals surface area contributed by atoms with Gasteiger partial charge in [-0.2, -0.15) is 0 Å². The maximum Gasteiger partial charge on any atom is 0.326 e. The second-order valence-electron chi connectivity index (χ2n) is 6.83. The summed E-state index contributed by atoms with van der Waals surface area (Å²) in [7, 11) is -2.34. The first-order valence-electron chi connectivity index (χ1n) is 8.27. The zero-order chi connectivity index (χ0) is 17.9. The van der Waals surface area contributed by atoms with E-state index in [-0.39, 0.29) is 25.1 Å². The number of carbonyl (C=O) groups excluding carboxylic acids is 1. The largest absolute Gasteiger partial charge is 0.480 e. The van der Waals surface area contributed by atoms with Crippen LogP contribution < -0.4 is 4.72 Å². The number of nitrogens with zero attached hydrogens (tertiary/aromatic N) is 1. The Morgan fingerprint density at radius 2 is 1.88 bits per heavy atom. The Kier molecular flexibility index (Phi) is 6.22. The third-order valence-electron chi connectivity index (χ3n) is 4.88. The van der Waals surface area contributed by atoms with Crippen LogP contribution in [0.5, 0.6) is 0 Å². The summed E-state index contributed by atoms with van der Waals surface area (Å²) in [5.41, 5.74) is 0. The molecule has 1 saturated heterocycles. The van der Waals surface area contributed by atoms with Gasteiger partial charge in [-0.1, -0.05) is 6.92 Å². The Labute approximate surface area is 142 Å². The molecule has 8 nitrogen and oxygen atoms in total. The van der Waals surface area contributed by atoms with Gasteiger partial charge < -0.3 is 14.7 Å². The Morgan fingerprint density at radius 1 is 1.25 bits per heavy atom. The van der Waals surface area contributed by atoms with Crippen molar-refractivity contribution in [2.45, 2.75) is 57.2 Å². The van der Waals surface area contributed by atoms with Gasteiger partial charge in [-0.25, -0.2) is 17.9 Å². The summed E-state index contributed by atoms with van der Waals surface area (Å²) in [5, 5.41) is 9.22. The molecule has 0 radical (unpaired) electrons. The van der Waals surface area contributed by atoms with Crippen molar-refractivity contribution in [1.82, 2.24) is 9.62 Å². The summed E-state index contributed by atoms with van der Waals surface area (Å²) in [5.74, 6) is -1.97. The number of carboxylic acids is 1. The number of rotatable bonds is 6. The van der Waals surface area contributed by atoms with E-state index in [0.29, 0.717) is 5.92 Å². The van der Waals surface area contributed by atoms with Crippen molar-refractivity contribution in [3.05, 3.63) is 0 Å². The number of ether oxygens (including phenoxy) is 1. The summed E-state index contributed by atoms with van der Waals surface area (Å²) in [6.45, 7) is 2.24. The predicted octanol–water partition coefficient (Wildman–Crippen LogP) is 0.185. The maximum absolute atomic E-state index is 12.3. The van der Waals surface area contributed by atoms with Gasteiger partial charge in [-0.3, -0.25) is 4.79 Å². The number of methoxy groups -OCH3 is 1. The van der Waals surface area contributed by atoms with E-state index < -0.39 is 33.7 Å². The van der Waals surface area contributed by atoms with E-state index in [1.807, 2.05) is 0 Å². The molecular formula is C15H26N2O6S. The van der Waals surface area contributed by atoms with Crippen molar-refractivity contribution in [2.75, 3.05) is 19.4 Å². The van der Waals surface area contributed by atoms with Gasteiger partial charge in [-0.05, 0) is 31.6 Å². The second-order valence-corrected chi connectivity index (χ2v) is 8.58. The van der Waals surface area contributed by atoms with Gasteiger partial charge in [0.05, 0.1) is 6.10 Å². The molecule has 2 atom stereocenters. The van der Waals surface area contributed by atoms with Crippen LogP contribution in [-0.4, -0.2) is 67.9 Å². The van der Waals surface area contributed by atoms with Crippen LogP contribution in [-0.2, 0) is 24.3 Å². The van der Waals surface area contributed by atoms with Crippen molar-refractivity contribution in [2.24, 2.45) is 5.92 Å². The number of amides is 1. The normalized spacial score (nSPS) is 31.2. The van der Waals surface area contributed by atoms with E-state index in [9.17, 15) is 23.1 Å². The minimum absolute atomic E-state index is 0.1000. The maximum atomic E-state index is 12.3. The molecule has 2 N–H and O–H groups in total. The van der Waals surface area contributed by atoms with Crippen LogP contribution in [0.4, 0.5) is 0 Å². The van der Waals surface area contributed by atoms with Crippen LogP contribution in [0.25, 0.3) is 0 Å². The van der Waals surface area contributed by atoms with E-state index in [0.717, 1.165) is 30.6 Å². The summed E-state index contributed by atoms with van der Waals surface area (Å²) >= 11 is 0. The Morgan fingerprint density at radius 3 is 2.42 bits per heavy atom. The van der Waals surface area contributed by atoms with Gasteiger partial charge >= 0.3 is 5.97 Å². The molecule has 138 valence electrons. The molecule has 0 aromatic heterocycles. The fraction of sp³-hybridized carbons (Fsp3) is 0.867. The Balaban J connectivity index is 1.95. The lowest BCUT2D eigenvalue weighted by molar-refractivity contribution is -0.147. The lowest BCUT2D eigenvalue weighted by Crippen LogP contribution is -2.47. The number of nitrogens with one attached hydrogen (secondary N) is 1. The zero-order valence-electron chi connectivity index (χ0n) is 14.1. The number of carbonyl (C=O) groups is 2. The minimum atomic E-state index is -3.78. The lowest BCUT2D eigenvalue weighted by Gasteiger charge is -2.27. The molecule has 1 amide bonds. The van der Waals surface area contributed by atoms with Crippen molar-refractivity contribution in [1.29, 1.82) is 0 Å². The van der Waals surface area contributed by atoms with Crippen LogP contribution in [0.2, 0.25) is 0 Å². The highest BCUT2D eigenvalue weighted by Crippen LogP contribution is 2.24. The van der Waals surface area contributed by atoms with Crippen LogP contribution in [0, 0.1) is 5.92 Å². The van der Waals surface area contributed by atoms with E-state index >= 15 is 0 Å². The number of carboxylic acid groups (broad SMARTS) is 1. The molecule has 1 aliphatic carbocycles. The number of hydrogen-bond donors (Lipinski definition) is 2. The molecular weight excluding hydrogens is 336 g/mol. The van der Waals surface area contributed by atoms with E-state index in [1.165, 1.54) is 7.11 Å². The summed E-state index contributed by atoms with van der Waals surface area (Å²) in [6.07, 6.45) is 3.24. The van der Waals surface area contributed by atoms with Crippen LogP contribution >= 0.6 is 0 Å². The molecule has 1 heterocycles. The Bertz CT molecular complexity index is 571. The van der Waals surface area contributed by atoms with Crippen LogP contribution in [0.1, 0.15) is 39.0 Å². The molecule has 0 aromatic rings. The van der Waals surface area contributed by atoms with Gasteiger partial charge in [-0.15, -0.1) is 0 Å². The molecule has 9 heteroatoms. The number of hydrogen-bond acceptors (Lipinski definition) is 5. The predicted molar refractivity (Wildman–Crippen MR) is 86.9 cm³/mol. The van der Waals surface area contributed by atoms with E-state index in [2.05, 4.69) is 11.6 Å². The zero-order valence-corrected chi connectivity index (χ0v) is 14.9. The fourth-order valence-electron chi connectivity index (χ4n) is 3.40. The second kappa shape index (κ2) is 7.79. The highest BCUT2D eigenvalue weighted by Gasteiger charge is 2.41. The highest BCUT2D eigenvalue weighted by atomic mass is 32.2. The number of sulfonamides is 1. The highest BCUT2D eigenvalue weighted by molar-refractivity contribution is 7.90. The van der Waals surface area contributed by atoms with Crippen LogP contribution in [0.15, 0.2) is 0 Å². The molecule has 24 heavy (non-hydrogen) atoms. The number of aliphatic carboxylic acids is 1. The van der Waals surface area contributed by atoms with Gasteiger partial charge in [0.15, 0.2) is 0 Å². The molecule has 0 spiro atoms. The monoisotopic (exact) mass is 362 g/mol. The third kappa shape index (κ3) is 4.90. The quantitative estimate of drug-likeness (QED) is 0.697. The third-order valence-corrected chi connectivity index (χ3v) is 6.20. The van der Waals surface area contributed by atoms with Gasteiger partial charge in [0.1, 0.15) is 11.8 Å². The van der Waals surface area contributed by atoms with Crippen molar-refractivity contribution in [3.63, 3.8) is 0 Å². The molecule has 2 aliphatic rings. The SMILES string of the molecule is COC1CC(C(=O)O)N(C(=O)CS(=O)(=O)NC2CCC(C)CC2)C1. The van der Waals surface area contributed by atoms with Gasteiger partial charge in [0.2, 0.25) is 15.9 Å². The van der Waals surface area contributed by atoms with Crippen LogP contribution in [0.3, 0.4) is 0 Å². The molecule has 0 bridgehead atoms. The summed E-state index contributed by atoms with van der Waals surface area (Å²) in [4.78, 5) is 24.7. The Hall–Kier alpha value is -1.19. The van der Waals surface area contributed by atoms with E-state index in [1.54, 1.807) is 0 Å². The smallest absolute Gasteiger partial charge is 0.326 e. The minimum Gasteiger partial charge on any atom is -0.480 e. The molecule has 2 unspecified atom stereocenters. The molecule has 2 fully saturated rings. The molecule has 1 aliphatic heterocycles. The molecule has 1 saturated carbocycles. The standard InChI is InChI=1S/C15H26N2O6S/c1-10-3-5-11(6-4-10)16-24(21,22)9-14(18)17-8-12(23-2)7-13(17)15(19)20/h10-13,16H,3-9H2,1-2H3,(H,19,20). The average Bonchev–Trinajstić information content (AvgIpc) is 2.93. The fourth-order valence-corrected chi connectivity index (χ4v) is 4.71. The van der Waals surface area contributed by atoms with E-state index in [4.69, 9.17) is 4.74 Å². The number of likely N-dealkylation sites (tertiary alicyclic amines) is 1. The molecule has 0 aromatic carbocycles. The van der Waals surface area contributed by atoms with Crippen molar-refractivity contribution in [3.8, 4) is 0 Å². The summed E-state index contributed by atoms with van der Waals surface area (Å²) in [6, 6.07) is -1.17. The first-order chi connectivity index (χ1) is 11.2. The first kappa shape index (κ1) is 19.1. The first-order valence-corrected chi connectivity index (χ1v) is 9.92. The van der Waals surface area contributed by atoms with Crippen molar-refractivity contribution < 1.29 is 27.9 Å².